The number of hydrogen-bond acceptors (Lipinski definition) is 11. The van der Waals surface area contributed by atoms with Crippen LogP contribution >= 0.6 is 22.6 Å². The summed E-state index contributed by atoms with van der Waals surface area (Å²) in [6, 6.07) is 13.1. The molecule has 2 bridgehead atoms. The average molecular weight is 918 g/mol. The molecule has 1 aliphatic carbocycles. The lowest BCUT2D eigenvalue weighted by atomic mass is 9.62. The Morgan fingerprint density at radius 2 is 1.67 bits per heavy atom. The van der Waals surface area contributed by atoms with Crippen LogP contribution in [0.15, 0.2) is 48.5 Å². The van der Waals surface area contributed by atoms with Gasteiger partial charge in [0.25, 0.3) is 5.91 Å². The number of ether oxygens (including phenoxy) is 4. The minimum Gasteiger partial charge on any atom is -0.460 e. The van der Waals surface area contributed by atoms with Crippen LogP contribution in [0.25, 0.3) is 0 Å². The second-order valence-electron chi connectivity index (χ2n) is 17.2. The van der Waals surface area contributed by atoms with Crippen molar-refractivity contribution in [2.45, 2.75) is 166 Å². The van der Waals surface area contributed by atoms with Gasteiger partial charge < -0.3 is 34.7 Å². The van der Waals surface area contributed by atoms with Gasteiger partial charge in [0, 0.05) is 41.4 Å². The van der Waals surface area contributed by atoms with Crippen LogP contribution in [-0.4, -0.2) is 88.4 Å². The number of rotatable bonds is 19. The van der Waals surface area contributed by atoms with Gasteiger partial charge in [-0.3, -0.25) is 24.0 Å². The number of nitrogens with one attached hydrogen (secondary N) is 2. The highest BCUT2D eigenvalue weighted by Gasteiger charge is 2.76. The van der Waals surface area contributed by atoms with E-state index in [1.54, 1.807) is 50.1 Å². The van der Waals surface area contributed by atoms with E-state index < -0.39 is 71.1 Å². The molecule has 3 saturated heterocycles. The summed E-state index contributed by atoms with van der Waals surface area (Å²) in [5, 5.41) is 17.5. The number of carbonyl (C=O) groups excluding carboxylic acids is 4. The van der Waals surface area contributed by atoms with Gasteiger partial charge in [0.05, 0.1) is 19.2 Å². The molecule has 3 N–H and O–H groups in total. The fourth-order valence-electron chi connectivity index (χ4n) is 8.84. The van der Waals surface area contributed by atoms with Gasteiger partial charge in [-0.1, -0.05) is 63.8 Å². The first-order valence-electron chi connectivity index (χ1n) is 21.0. The van der Waals surface area contributed by atoms with Crippen molar-refractivity contribution in [2.75, 3.05) is 6.61 Å². The van der Waals surface area contributed by atoms with Gasteiger partial charge in [-0.25, -0.2) is 0 Å². The number of hydroxylamine groups is 2. The van der Waals surface area contributed by atoms with Crippen molar-refractivity contribution in [3.63, 3.8) is 0 Å². The van der Waals surface area contributed by atoms with E-state index in [4.69, 9.17) is 23.8 Å². The monoisotopic (exact) mass is 917 g/mol. The first-order valence-corrected chi connectivity index (χ1v) is 22.0. The van der Waals surface area contributed by atoms with Crippen molar-refractivity contribution in [3.05, 3.63) is 68.8 Å². The van der Waals surface area contributed by atoms with Crippen LogP contribution in [0.1, 0.15) is 127 Å². The van der Waals surface area contributed by atoms with Crippen molar-refractivity contribution in [1.82, 2.24) is 15.7 Å². The summed E-state index contributed by atoms with van der Waals surface area (Å²) in [4.78, 5) is 61.3. The molecule has 2 amide bonds. The topological polar surface area (TPSA) is 162 Å². The predicted octanol–water partition coefficient (Wildman–Crippen LogP) is 6.26. The summed E-state index contributed by atoms with van der Waals surface area (Å²) >= 11 is 2.25. The van der Waals surface area contributed by atoms with Crippen molar-refractivity contribution >= 4 is 46.3 Å². The lowest BCUT2D eigenvalue weighted by molar-refractivity contribution is -0.224. The van der Waals surface area contributed by atoms with E-state index in [0.29, 0.717) is 24.0 Å². The molecule has 0 aromatic heterocycles. The first-order chi connectivity index (χ1) is 27.7. The zero-order valence-corrected chi connectivity index (χ0v) is 36.6. The molecule has 0 spiro atoms. The Morgan fingerprint density at radius 3 is 2.34 bits per heavy atom. The highest BCUT2D eigenvalue weighted by Crippen LogP contribution is 2.58. The molecule has 2 aromatic rings. The maximum absolute atomic E-state index is 14.9. The molecule has 318 valence electrons. The third kappa shape index (κ3) is 10.1. The fourth-order valence-corrected chi connectivity index (χ4v) is 9.45. The van der Waals surface area contributed by atoms with Crippen LogP contribution in [0.5, 0.6) is 0 Å². The number of amides is 2. The van der Waals surface area contributed by atoms with Crippen LogP contribution in [0.3, 0.4) is 0 Å². The number of carbonyl (C=O) groups is 4. The number of benzene rings is 2. The lowest BCUT2D eigenvalue weighted by Crippen LogP contribution is -2.69. The molecule has 0 radical (unpaired) electrons. The molecular formula is C44H60IN3O10. The van der Waals surface area contributed by atoms with Gasteiger partial charge in [-0.2, -0.15) is 5.06 Å². The number of nitrogens with zero attached hydrogens (tertiary/aromatic N) is 1. The number of hydrogen-bond donors (Lipinski definition) is 3. The van der Waals surface area contributed by atoms with Crippen molar-refractivity contribution in [2.24, 2.45) is 5.41 Å². The zero-order chi connectivity index (χ0) is 41.7. The first kappa shape index (κ1) is 44.4. The minimum absolute atomic E-state index is 0.0379. The van der Waals surface area contributed by atoms with Gasteiger partial charge in [0.15, 0.2) is 11.8 Å². The Balaban J connectivity index is 1.22. The standard InChI is InChI=1S/C44H60IN3O10/c1-6-8-10-20-43(21-11-9-7-2)56-35-33-24-44(37(40(52)54-33)48(58-38(44)36(35)57-43)26-29-15-13-17-31(45)23-29)41(53)46-25-28-14-12-16-30(22-28)39(51)47-32(27-49)18-19-34(50)55-42(3,4)5/h12-17,22-23,32-33,35-38,49H,6-11,18-21,24-27H2,1-5H3,(H,46,53)(H,47,51). The lowest BCUT2D eigenvalue weighted by Gasteiger charge is -2.48. The van der Waals surface area contributed by atoms with Crippen LogP contribution in [0.2, 0.25) is 0 Å². The molecule has 14 heteroatoms. The summed E-state index contributed by atoms with van der Waals surface area (Å²) < 4.78 is 26.4. The Morgan fingerprint density at radius 1 is 0.983 bits per heavy atom. The largest absolute Gasteiger partial charge is 0.460 e. The Kier molecular flexibility index (Phi) is 14.6. The third-order valence-corrected chi connectivity index (χ3v) is 12.2. The fraction of sp³-hybridized carbons (Fsp3) is 0.636. The van der Waals surface area contributed by atoms with E-state index in [1.807, 2.05) is 24.3 Å². The summed E-state index contributed by atoms with van der Waals surface area (Å²) in [6.45, 7) is 9.64. The maximum Gasteiger partial charge on any atom is 0.327 e. The number of unbranched alkanes of at least 4 members (excludes halogenated alkanes) is 4. The van der Waals surface area contributed by atoms with Crippen molar-refractivity contribution in [3.8, 4) is 0 Å². The van der Waals surface area contributed by atoms with E-state index >= 15 is 0 Å². The second-order valence-corrected chi connectivity index (χ2v) is 18.5. The molecule has 2 aromatic carbocycles. The number of halogens is 1. The Labute approximate surface area is 355 Å². The maximum atomic E-state index is 14.9. The molecule has 4 fully saturated rings. The number of aliphatic hydroxyl groups excluding tert-OH is 1. The van der Waals surface area contributed by atoms with Gasteiger partial charge in [0.2, 0.25) is 5.91 Å². The normalized spacial score (nSPS) is 26.4. The quantitative estimate of drug-likeness (QED) is 0.0829. The van der Waals surface area contributed by atoms with Crippen LogP contribution in [-0.2, 0) is 51.3 Å². The van der Waals surface area contributed by atoms with E-state index in [0.717, 1.165) is 47.7 Å². The highest BCUT2D eigenvalue weighted by molar-refractivity contribution is 14.1. The molecule has 4 aliphatic rings. The Hall–Kier alpha value is -3.15. The number of fused-ring (bicyclic) bond motifs is 4. The highest BCUT2D eigenvalue weighted by atomic mass is 127. The average Bonchev–Trinajstić information content (AvgIpc) is 3.73. The predicted molar refractivity (Wildman–Crippen MR) is 223 cm³/mol. The SMILES string of the molecule is CCCCCC1(CCCCC)OC2C3CC4(C(=O)NCc5cccc(C(=O)NC(CO)CCC(=O)OC(C)(C)C)c5)C(ON(Cc5cccc(I)c5)C4C(=O)O3)C2O1. The van der Waals surface area contributed by atoms with Gasteiger partial charge >= 0.3 is 11.9 Å². The van der Waals surface area contributed by atoms with Gasteiger partial charge in [-0.05, 0) is 98.0 Å². The van der Waals surface area contributed by atoms with Crippen LogP contribution in [0.4, 0.5) is 0 Å². The molecule has 3 aliphatic heterocycles. The van der Waals surface area contributed by atoms with Gasteiger partial charge in [-0.15, -0.1) is 0 Å². The molecule has 58 heavy (non-hydrogen) atoms. The van der Waals surface area contributed by atoms with E-state index in [9.17, 15) is 24.3 Å². The van der Waals surface area contributed by atoms with Crippen molar-refractivity contribution in [1.29, 1.82) is 0 Å². The van der Waals surface area contributed by atoms with E-state index in [1.165, 1.54) is 0 Å². The van der Waals surface area contributed by atoms with Crippen molar-refractivity contribution < 1.29 is 48.1 Å². The molecule has 1 saturated carbocycles. The smallest absolute Gasteiger partial charge is 0.327 e. The van der Waals surface area contributed by atoms with Gasteiger partial charge in [0.1, 0.15) is 35.4 Å². The number of esters is 2. The molecule has 6 rings (SSSR count). The molecule has 7 unspecified atom stereocenters. The third-order valence-electron chi connectivity index (χ3n) is 11.5. The summed E-state index contributed by atoms with van der Waals surface area (Å²) in [5.41, 5.74) is -0.0646. The number of aliphatic hydroxyl groups is 1. The molecular weight excluding hydrogens is 857 g/mol. The molecule has 7 atom stereocenters. The Bertz CT molecular complexity index is 1780. The van der Waals surface area contributed by atoms with E-state index in [-0.39, 0.29) is 44.9 Å². The zero-order valence-electron chi connectivity index (χ0n) is 34.4. The summed E-state index contributed by atoms with van der Waals surface area (Å²) in [7, 11) is 0. The van der Waals surface area contributed by atoms with Crippen LogP contribution in [0, 0.1) is 8.99 Å². The minimum atomic E-state index is -1.34. The second kappa shape index (κ2) is 19.1. The molecule has 3 heterocycles. The summed E-state index contributed by atoms with van der Waals surface area (Å²) in [6.07, 6.45) is 5.13. The summed E-state index contributed by atoms with van der Waals surface area (Å²) in [5.74, 6) is -2.59. The van der Waals surface area contributed by atoms with E-state index in [2.05, 4.69) is 47.1 Å². The van der Waals surface area contributed by atoms with Crippen LogP contribution < -0.4 is 10.6 Å². The molecule has 13 nitrogen and oxygen atoms in total.